The summed E-state index contributed by atoms with van der Waals surface area (Å²) in [4.78, 5) is 14.4. The van der Waals surface area contributed by atoms with E-state index in [2.05, 4.69) is 15.5 Å². The first-order valence-corrected chi connectivity index (χ1v) is 7.43. The van der Waals surface area contributed by atoms with Crippen LogP contribution in [0, 0.1) is 10.8 Å². The molecule has 0 aromatic heterocycles. The summed E-state index contributed by atoms with van der Waals surface area (Å²) < 4.78 is 39.8. The minimum absolute atomic E-state index is 0.110. The summed E-state index contributed by atoms with van der Waals surface area (Å²) in [5, 5.41) is 5.25. The zero-order valence-corrected chi connectivity index (χ0v) is 12.6. The molecule has 2 N–H and O–H groups in total. The van der Waals surface area contributed by atoms with E-state index in [-0.39, 0.29) is 24.9 Å². The number of nitrogens with zero attached hydrogens (tertiary/aromatic N) is 1. The zero-order valence-electron chi connectivity index (χ0n) is 12.6. The predicted octanol–water partition coefficient (Wildman–Crippen LogP) is 1.38. The van der Waals surface area contributed by atoms with Crippen LogP contribution in [0.1, 0.15) is 26.2 Å². The van der Waals surface area contributed by atoms with E-state index in [1.54, 1.807) is 0 Å². The molecule has 122 valence electrons. The van der Waals surface area contributed by atoms with Gasteiger partial charge in [-0.25, -0.2) is 0 Å². The molecule has 0 aromatic rings. The number of hydrogen-bond donors (Lipinski definition) is 2. The molecule has 21 heavy (non-hydrogen) atoms. The minimum atomic E-state index is -4.51. The highest BCUT2D eigenvalue weighted by atomic mass is 19.4. The van der Waals surface area contributed by atoms with Gasteiger partial charge in [0.25, 0.3) is 0 Å². The molecule has 7 heteroatoms. The highest BCUT2D eigenvalue weighted by Crippen LogP contribution is 2.43. The molecule has 0 radical (unpaired) electrons. The van der Waals surface area contributed by atoms with E-state index in [0.29, 0.717) is 6.54 Å². The number of carbonyl (C=O) groups is 1. The summed E-state index contributed by atoms with van der Waals surface area (Å²) in [6.45, 7) is 4.10. The van der Waals surface area contributed by atoms with Crippen LogP contribution in [0.2, 0.25) is 0 Å². The third kappa shape index (κ3) is 3.34. The smallest absolute Gasteiger partial charge is 0.355 e. The number of rotatable bonds is 3. The molecule has 0 spiro atoms. The lowest BCUT2D eigenvalue weighted by molar-refractivity contribution is -0.216. The molecule has 4 nitrogen and oxygen atoms in total. The number of piperidine rings is 1. The van der Waals surface area contributed by atoms with E-state index in [4.69, 9.17) is 0 Å². The standard InChI is InChI=1S/C14H24F3N3O/c1-12(4-7-20(2)8-5-12)9-19-11(21)13(14(15,16)17)3-6-18-10-13/h18H,3-10H2,1-2H3,(H,19,21). The Labute approximate surface area is 123 Å². The summed E-state index contributed by atoms with van der Waals surface area (Å²) in [5.74, 6) is -0.875. The van der Waals surface area contributed by atoms with Gasteiger partial charge in [-0.1, -0.05) is 6.92 Å². The van der Waals surface area contributed by atoms with Crippen LogP contribution in [-0.4, -0.2) is 56.8 Å². The molecule has 0 bridgehead atoms. The number of alkyl halides is 3. The van der Waals surface area contributed by atoms with E-state index in [9.17, 15) is 18.0 Å². The van der Waals surface area contributed by atoms with Crippen LogP contribution in [0.15, 0.2) is 0 Å². The maximum atomic E-state index is 13.3. The molecule has 2 heterocycles. The van der Waals surface area contributed by atoms with Crippen LogP contribution < -0.4 is 10.6 Å². The first-order valence-electron chi connectivity index (χ1n) is 7.43. The SMILES string of the molecule is CN1CCC(C)(CNC(=O)C2(C(F)(F)F)CCNC2)CC1. The summed E-state index contributed by atoms with van der Waals surface area (Å²) in [5.41, 5.74) is -2.37. The van der Waals surface area contributed by atoms with Gasteiger partial charge in [-0.15, -0.1) is 0 Å². The van der Waals surface area contributed by atoms with Crippen molar-refractivity contribution in [1.82, 2.24) is 15.5 Å². The molecule has 0 saturated carbocycles. The summed E-state index contributed by atoms with van der Waals surface area (Å²) in [6.07, 6.45) is -2.90. The Bertz CT molecular complexity index is 383. The second-order valence-electron chi connectivity index (χ2n) is 6.80. The van der Waals surface area contributed by atoms with Crippen LogP contribution in [0.3, 0.4) is 0 Å². The molecular formula is C14H24F3N3O. The molecule has 2 fully saturated rings. The Balaban J connectivity index is 1.97. The van der Waals surface area contributed by atoms with Gasteiger partial charge in [0.05, 0.1) is 0 Å². The van der Waals surface area contributed by atoms with Crippen molar-refractivity contribution in [3.63, 3.8) is 0 Å². The monoisotopic (exact) mass is 307 g/mol. The lowest BCUT2D eigenvalue weighted by atomic mass is 9.79. The Morgan fingerprint density at radius 2 is 1.90 bits per heavy atom. The van der Waals surface area contributed by atoms with Crippen molar-refractivity contribution in [3.8, 4) is 0 Å². The molecule has 1 atom stereocenters. The Kier molecular flexibility index (Phi) is 4.54. The third-order valence-electron chi connectivity index (χ3n) is 5.00. The number of halogens is 3. The van der Waals surface area contributed by atoms with Crippen LogP contribution in [0.4, 0.5) is 13.2 Å². The van der Waals surface area contributed by atoms with Crippen molar-refractivity contribution >= 4 is 5.91 Å². The van der Waals surface area contributed by atoms with Gasteiger partial charge in [-0.3, -0.25) is 4.79 Å². The molecule has 2 saturated heterocycles. The van der Waals surface area contributed by atoms with Gasteiger partial charge in [-0.2, -0.15) is 13.2 Å². The molecule has 1 amide bonds. The van der Waals surface area contributed by atoms with Gasteiger partial charge in [0.1, 0.15) is 0 Å². The average molecular weight is 307 g/mol. The van der Waals surface area contributed by atoms with Crippen molar-refractivity contribution in [3.05, 3.63) is 0 Å². The van der Waals surface area contributed by atoms with Gasteiger partial charge >= 0.3 is 6.18 Å². The number of hydrogen-bond acceptors (Lipinski definition) is 3. The minimum Gasteiger partial charge on any atom is -0.355 e. The fraction of sp³-hybridized carbons (Fsp3) is 0.929. The molecule has 1 unspecified atom stereocenters. The number of carbonyl (C=O) groups excluding carboxylic acids is 1. The molecule has 2 aliphatic rings. The molecule has 2 aliphatic heterocycles. The van der Waals surface area contributed by atoms with Crippen LogP contribution in [0.5, 0.6) is 0 Å². The van der Waals surface area contributed by atoms with Crippen molar-refractivity contribution in [2.24, 2.45) is 10.8 Å². The Hall–Kier alpha value is -0.820. The second-order valence-corrected chi connectivity index (χ2v) is 6.80. The fourth-order valence-electron chi connectivity index (χ4n) is 3.05. The summed E-state index contributed by atoms with van der Waals surface area (Å²) >= 11 is 0. The number of amides is 1. The van der Waals surface area contributed by atoms with E-state index in [1.165, 1.54) is 0 Å². The van der Waals surface area contributed by atoms with E-state index in [1.807, 2.05) is 14.0 Å². The van der Waals surface area contributed by atoms with Crippen molar-refractivity contribution in [2.45, 2.75) is 32.4 Å². The van der Waals surface area contributed by atoms with Gasteiger partial charge in [0, 0.05) is 13.1 Å². The second kappa shape index (κ2) is 5.76. The van der Waals surface area contributed by atoms with Crippen molar-refractivity contribution in [1.29, 1.82) is 0 Å². The highest BCUT2D eigenvalue weighted by Gasteiger charge is 2.61. The van der Waals surface area contributed by atoms with Crippen molar-refractivity contribution in [2.75, 3.05) is 39.8 Å². The first-order chi connectivity index (χ1) is 9.69. The maximum absolute atomic E-state index is 13.3. The van der Waals surface area contributed by atoms with E-state index < -0.39 is 17.5 Å². The average Bonchev–Trinajstić information content (AvgIpc) is 2.90. The molecule has 2 rings (SSSR count). The van der Waals surface area contributed by atoms with Gasteiger partial charge in [0.2, 0.25) is 5.91 Å². The van der Waals surface area contributed by atoms with E-state index in [0.717, 1.165) is 25.9 Å². The Morgan fingerprint density at radius 1 is 1.29 bits per heavy atom. The van der Waals surface area contributed by atoms with Crippen molar-refractivity contribution < 1.29 is 18.0 Å². The highest BCUT2D eigenvalue weighted by molar-refractivity contribution is 5.84. The molecule has 0 aromatic carbocycles. The van der Waals surface area contributed by atoms with Gasteiger partial charge in [-0.05, 0) is 51.4 Å². The fourth-order valence-corrected chi connectivity index (χ4v) is 3.05. The normalized spacial score (nSPS) is 30.3. The zero-order chi connectivity index (χ0) is 15.7. The molecular weight excluding hydrogens is 283 g/mol. The first kappa shape index (κ1) is 16.5. The van der Waals surface area contributed by atoms with Crippen LogP contribution in [0.25, 0.3) is 0 Å². The maximum Gasteiger partial charge on any atom is 0.404 e. The van der Waals surface area contributed by atoms with Gasteiger partial charge in [0.15, 0.2) is 5.41 Å². The van der Waals surface area contributed by atoms with E-state index >= 15 is 0 Å². The topological polar surface area (TPSA) is 44.4 Å². The van der Waals surface area contributed by atoms with Gasteiger partial charge < -0.3 is 15.5 Å². The largest absolute Gasteiger partial charge is 0.404 e. The van der Waals surface area contributed by atoms with Crippen LogP contribution in [-0.2, 0) is 4.79 Å². The molecule has 0 aliphatic carbocycles. The lowest BCUT2D eigenvalue weighted by Gasteiger charge is -2.39. The quantitative estimate of drug-likeness (QED) is 0.828. The lowest BCUT2D eigenvalue weighted by Crippen LogP contribution is -2.54. The number of likely N-dealkylation sites (tertiary alicyclic amines) is 1. The summed E-state index contributed by atoms with van der Waals surface area (Å²) in [6, 6.07) is 0. The Morgan fingerprint density at radius 3 is 2.38 bits per heavy atom. The summed E-state index contributed by atoms with van der Waals surface area (Å²) in [7, 11) is 2.03. The third-order valence-corrected chi connectivity index (χ3v) is 5.00. The van der Waals surface area contributed by atoms with Crippen LogP contribution >= 0.6 is 0 Å². The predicted molar refractivity (Wildman–Crippen MR) is 73.8 cm³/mol. The number of nitrogens with one attached hydrogen (secondary N) is 2.